The monoisotopic (exact) mass is 188 g/mol. The molecule has 0 aliphatic carbocycles. The fraction of sp³-hybridized carbons (Fsp3) is 0.273. The Morgan fingerprint density at radius 3 is 2.43 bits per heavy atom. The SMILES string of the molecule is CC(=NO)C(C)c1ccc(C#N)cc1. The van der Waals surface area contributed by atoms with Gasteiger partial charge in [-0.1, -0.05) is 24.2 Å². The van der Waals surface area contributed by atoms with Crippen LogP contribution in [0.1, 0.15) is 30.9 Å². The zero-order valence-electron chi connectivity index (χ0n) is 8.23. The van der Waals surface area contributed by atoms with Crippen molar-refractivity contribution in [3.63, 3.8) is 0 Å². The molecule has 0 aliphatic rings. The third-order valence-electron chi connectivity index (χ3n) is 2.32. The Morgan fingerprint density at radius 2 is 2.00 bits per heavy atom. The summed E-state index contributed by atoms with van der Waals surface area (Å²) in [6.07, 6.45) is 0. The van der Waals surface area contributed by atoms with E-state index >= 15 is 0 Å². The zero-order valence-corrected chi connectivity index (χ0v) is 8.23. The molecular formula is C11H12N2O. The maximum Gasteiger partial charge on any atom is 0.0991 e. The minimum absolute atomic E-state index is 0.0766. The van der Waals surface area contributed by atoms with Crippen molar-refractivity contribution >= 4 is 5.71 Å². The minimum Gasteiger partial charge on any atom is -0.411 e. The first-order valence-electron chi connectivity index (χ1n) is 4.37. The molecule has 0 radical (unpaired) electrons. The Kier molecular flexibility index (Phi) is 3.24. The molecule has 1 aromatic rings. The van der Waals surface area contributed by atoms with Gasteiger partial charge in [0.05, 0.1) is 17.3 Å². The molecule has 0 amide bonds. The van der Waals surface area contributed by atoms with Crippen LogP contribution in [0.25, 0.3) is 0 Å². The predicted octanol–water partition coefficient (Wildman–Crippen LogP) is 2.51. The Hall–Kier alpha value is -1.82. The van der Waals surface area contributed by atoms with E-state index in [1.807, 2.05) is 19.1 Å². The molecule has 0 bridgehead atoms. The molecule has 0 aromatic heterocycles. The van der Waals surface area contributed by atoms with E-state index in [1.54, 1.807) is 19.1 Å². The van der Waals surface area contributed by atoms with E-state index in [4.69, 9.17) is 10.5 Å². The average molecular weight is 188 g/mol. The van der Waals surface area contributed by atoms with E-state index in [0.717, 1.165) is 5.56 Å². The lowest BCUT2D eigenvalue weighted by atomic mass is 9.96. The molecule has 0 aliphatic heterocycles. The average Bonchev–Trinajstić information content (AvgIpc) is 2.27. The van der Waals surface area contributed by atoms with Gasteiger partial charge in [0.25, 0.3) is 0 Å². The van der Waals surface area contributed by atoms with Gasteiger partial charge in [-0.2, -0.15) is 5.26 Å². The van der Waals surface area contributed by atoms with Crippen LogP contribution in [0.5, 0.6) is 0 Å². The molecule has 1 N–H and O–H groups in total. The van der Waals surface area contributed by atoms with Crippen molar-refractivity contribution in [3.05, 3.63) is 35.4 Å². The van der Waals surface area contributed by atoms with Crippen LogP contribution in [-0.4, -0.2) is 10.9 Å². The van der Waals surface area contributed by atoms with Crippen LogP contribution >= 0.6 is 0 Å². The van der Waals surface area contributed by atoms with Crippen molar-refractivity contribution in [2.75, 3.05) is 0 Å². The first kappa shape index (κ1) is 10.3. The lowest BCUT2D eigenvalue weighted by molar-refractivity contribution is 0.316. The summed E-state index contributed by atoms with van der Waals surface area (Å²) in [6.45, 7) is 3.72. The van der Waals surface area contributed by atoms with Gasteiger partial charge >= 0.3 is 0 Å². The molecule has 0 spiro atoms. The molecule has 72 valence electrons. The lowest BCUT2D eigenvalue weighted by Crippen LogP contribution is -2.04. The summed E-state index contributed by atoms with van der Waals surface area (Å²) in [6, 6.07) is 9.32. The topological polar surface area (TPSA) is 56.4 Å². The van der Waals surface area contributed by atoms with Crippen molar-refractivity contribution in [1.29, 1.82) is 5.26 Å². The van der Waals surface area contributed by atoms with Crippen molar-refractivity contribution in [3.8, 4) is 6.07 Å². The number of hydrogen-bond donors (Lipinski definition) is 1. The van der Waals surface area contributed by atoms with E-state index < -0.39 is 0 Å². The summed E-state index contributed by atoms with van der Waals surface area (Å²) in [5, 5.41) is 20.4. The molecule has 0 saturated heterocycles. The Labute approximate surface area is 83.3 Å². The molecule has 1 rings (SSSR count). The molecule has 1 atom stereocenters. The molecule has 14 heavy (non-hydrogen) atoms. The third kappa shape index (κ3) is 2.11. The largest absolute Gasteiger partial charge is 0.411 e. The third-order valence-corrected chi connectivity index (χ3v) is 2.32. The van der Waals surface area contributed by atoms with Crippen LogP contribution in [0.2, 0.25) is 0 Å². The summed E-state index contributed by atoms with van der Waals surface area (Å²) in [7, 11) is 0. The van der Waals surface area contributed by atoms with Gasteiger partial charge < -0.3 is 5.21 Å². The van der Waals surface area contributed by atoms with Crippen molar-refractivity contribution in [2.45, 2.75) is 19.8 Å². The second-order valence-corrected chi connectivity index (χ2v) is 3.20. The molecule has 0 fully saturated rings. The normalized spacial score (nSPS) is 13.4. The van der Waals surface area contributed by atoms with Crippen molar-refractivity contribution in [2.24, 2.45) is 5.16 Å². The highest BCUT2D eigenvalue weighted by Crippen LogP contribution is 2.17. The van der Waals surface area contributed by atoms with Gasteiger partial charge in [0.2, 0.25) is 0 Å². The van der Waals surface area contributed by atoms with Crippen molar-refractivity contribution in [1.82, 2.24) is 0 Å². The molecule has 1 unspecified atom stereocenters. The van der Waals surface area contributed by atoms with Crippen LogP contribution in [0.4, 0.5) is 0 Å². The van der Waals surface area contributed by atoms with E-state index in [0.29, 0.717) is 11.3 Å². The van der Waals surface area contributed by atoms with Crippen LogP contribution in [0, 0.1) is 11.3 Å². The fourth-order valence-electron chi connectivity index (χ4n) is 1.17. The van der Waals surface area contributed by atoms with Gasteiger partial charge in [0, 0.05) is 5.92 Å². The fourth-order valence-corrected chi connectivity index (χ4v) is 1.17. The number of benzene rings is 1. The highest BCUT2D eigenvalue weighted by atomic mass is 16.4. The first-order valence-corrected chi connectivity index (χ1v) is 4.37. The van der Waals surface area contributed by atoms with Gasteiger partial charge in [-0.05, 0) is 24.6 Å². The Bertz CT molecular complexity index is 373. The highest BCUT2D eigenvalue weighted by molar-refractivity contribution is 5.87. The molecular weight excluding hydrogens is 176 g/mol. The van der Waals surface area contributed by atoms with E-state index in [9.17, 15) is 0 Å². The highest BCUT2D eigenvalue weighted by Gasteiger charge is 2.08. The van der Waals surface area contributed by atoms with Gasteiger partial charge in [-0.3, -0.25) is 0 Å². The summed E-state index contributed by atoms with van der Waals surface area (Å²) in [5.41, 5.74) is 2.34. The first-order chi connectivity index (χ1) is 6.69. The standard InChI is InChI=1S/C11H12N2O/c1-8(9(2)13-14)11-5-3-10(7-12)4-6-11/h3-6,8,14H,1-2H3. The van der Waals surface area contributed by atoms with Crippen LogP contribution in [0.3, 0.4) is 0 Å². The van der Waals surface area contributed by atoms with Gasteiger partial charge in [-0.25, -0.2) is 0 Å². The van der Waals surface area contributed by atoms with Crippen LogP contribution in [0.15, 0.2) is 29.4 Å². The number of nitrogens with zero attached hydrogens (tertiary/aromatic N) is 2. The molecule has 1 aromatic carbocycles. The lowest BCUT2D eigenvalue weighted by Gasteiger charge is -2.09. The number of oxime groups is 1. The zero-order chi connectivity index (χ0) is 10.6. The molecule has 3 heteroatoms. The predicted molar refractivity (Wildman–Crippen MR) is 54.5 cm³/mol. The van der Waals surface area contributed by atoms with Crippen LogP contribution in [-0.2, 0) is 0 Å². The smallest absolute Gasteiger partial charge is 0.0991 e. The quantitative estimate of drug-likeness (QED) is 0.440. The van der Waals surface area contributed by atoms with E-state index in [2.05, 4.69) is 11.2 Å². The van der Waals surface area contributed by atoms with Gasteiger partial charge in [-0.15, -0.1) is 0 Å². The number of rotatable bonds is 2. The maximum absolute atomic E-state index is 8.61. The number of nitriles is 1. The molecule has 0 saturated carbocycles. The summed E-state index contributed by atoms with van der Waals surface area (Å²) in [4.78, 5) is 0. The van der Waals surface area contributed by atoms with Crippen molar-refractivity contribution < 1.29 is 5.21 Å². The summed E-state index contributed by atoms with van der Waals surface area (Å²) < 4.78 is 0. The molecule has 0 heterocycles. The summed E-state index contributed by atoms with van der Waals surface area (Å²) in [5.74, 6) is 0.0766. The van der Waals surface area contributed by atoms with E-state index in [1.165, 1.54) is 0 Å². The summed E-state index contributed by atoms with van der Waals surface area (Å²) >= 11 is 0. The second kappa shape index (κ2) is 4.43. The second-order valence-electron chi connectivity index (χ2n) is 3.20. The van der Waals surface area contributed by atoms with Gasteiger partial charge in [0.15, 0.2) is 0 Å². The Morgan fingerprint density at radius 1 is 1.43 bits per heavy atom. The van der Waals surface area contributed by atoms with E-state index in [-0.39, 0.29) is 5.92 Å². The number of hydrogen-bond acceptors (Lipinski definition) is 3. The molecule has 3 nitrogen and oxygen atoms in total. The maximum atomic E-state index is 8.61. The minimum atomic E-state index is 0.0766. The Balaban J connectivity index is 2.93. The van der Waals surface area contributed by atoms with Gasteiger partial charge in [0.1, 0.15) is 0 Å². The van der Waals surface area contributed by atoms with Crippen LogP contribution < -0.4 is 0 Å².